The van der Waals surface area contributed by atoms with E-state index in [9.17, 15) is 4.79 Å². The Balaban J connectivity index is 1.68. The molecule has 0 radical (unpaired) electrons. The molecule has 6 nitrogen and oxygen atoms in total. The molecule has 0 atom stereocenters. The van der Waals surface area contributed by atoms with Crippen molar-refractivity contribution in [3.05, 3.63) is 64.6 Å². The second kappa shape index (κ2) is 4.71. The van der Waals surface area contributed by atoms with Crippen LogP contribution in [0.2, 0.25) is 0 Å². The molecule has 21 heavy (non-hydrogen) atoms. The van der Waals surface area contributed by atoms with Crippen molar-refractivity contribution in [3.63, 3.8) is 0 Å². The van der Waals surface area contributed by atoms with Gasteiger partial charge in [0.05, 0.1) is 17.1 Å². The minimum absolute atomic E-state index is 0.150. The smallest absolute Gasteiger partial charge is 0.294 e. The second-order valence-corrected chi connectivity index (χ2v) is 5.46. The molecule has 0 saturated heterocycles. The molecule has 0 aliphatic heterocycles. The molecule has 0 bridgehead atoms. The second-order valence-electron chi connectivity index (χ2n) is 4.51. The molecule has 0 saturated carbocycles. The largest absolute Gasteiger partial charge is 0.443 e. The number of fused-ring (bicyclic) bond motifs is 1. The Morgan fingerprint density at radius 3 is 3.10 bits per heavy atom. The summed E-state index contributed by atoms with van der Waals surface area (Å²) in [5, 5.41) is 1.97. The Labute approximate surface area is 122 Å². The predicted molar refractivity (Wildman–Crippen MR) is 78.4 cm³/mol. The summed E-state index contributed by atoms with van der Waals surface area (Å²) in [4.78, 5) is 21.7. The van der Waals surface area contributed by atoms with Crippen molar-refractivity contribution in [1.29, 1.82) is 0 Å². The minimum Gasteiger partial charge on any atom is -0.443 e. The highest BCUT2D eigenvalue weighted by atomic mass is 32.1. The number of oxazole rings is 1. The summed E-state index contributed by atoms with van der Waals surface area (Å²) >= 11 is 1.56. The Hall–Kier alpha value is -2.67. The quantitative estimate of drug-likeness (QED) is 0.582. The van der Waals surface area contributed by atoms with E-state index >= 15 is 0 Å². The summed E-state index contributed by atoms with van der Waals surface area (Å²) in [7, 11) is 0. The van der Waals surface area contributed by atoms with Crippen LogP contribution in [0.15, 0.2) is 57.8 Å². The highest BCUT2D eigenvalue weighted by molar-refractivity contribution is 7.13. The van der Waals surface area contributed by atoms with Crippen LogP contribution in [-0.4, -0.2) is 18.9 Å². The molecule has 0 fully saturated rings. The van der Waals surface area contributed by atoms with Gasteiger partial charge >= 0.3 is 0 Å². The van der Waals surface area contributed by atoms with Gasteiger partial charge in [0.25, 0.3) is 5.56 Å². The van der Waals surface area contributed by atoms with Gasteiger partial charge in [-0.2, -0.15) is 0 Å². The van der Waals surface area contributed by atoms with Gasteiger partial charge in [0.15, 0.2) is 0 Å². The Morgan fingerprint density at radius 2 is 2.24 bits per heavy atom. The Kier molecular flexibility index (Phi) is 2.71. The molecule has 4 aromatic rings. The van der Waals surface area contributed by atoms with Gasteiger partial charge in [-0.15, -0.1) is 11.3 Å². The van der Waals surface area contributed by atoms with E-state index in [2.05, 4.69) is 9.97 Å². The maximum atomic E-state index is 12.3. The zero-order chi connectivity index (χ0) is 14.2. The van der Waals surface area contributed by atoms with Gasteiger partial charge in [-0.25, -0.2) is 9.97 Å². The highest BCUT2D eigenvalue weighted by Gasteiger charge is 2.10. The molecule has 0 aromatic carbocycles. The fourth-order valence-electron chi connectivity index (χ4n) is 2.14. The molecule has 0 aliphatic rings. The SMILES string of the molecule is O=c1c2nccn2ccn1Cc1coc(-c2cccs2)n1. The molecule has 0 N–H and O–H groups in total. The minimum atomic E-state index is -0.150. The zero-order valence-electron chi connectivity index (χ0n) is 10.8. The van der Waals surface area contributed by atoms with E-state index in [0.717, 1.165) is 4.88 Å². The van der Waals surface area contributed by atoms with Crippen molar-refractivity contribution < 1.29 is 4.42 Å². The van der Waals surface area contributed by atoms with E-state index in [4.69, 9.17) is 4.42 Å². The van der Waals surface area contributed by atoms with Gasteiger partial charge < -0.3 is 13.4 Å². The summed E-state index contributed by atoms with van der Waals surface area (Å²) in [6.45, 7) is 0.358. The number of rotatable bonds is 3. The van der Waals surface area contributed by atoms with Crippen LogP contribution in [0.4, 0.5) is 0 Å². The Morgan fingerprint density at radius 1 is 1.29 bits per heavy atom. The molecular formula is C14H10N4O2S. The number of imidazole rings is 1. The van der Waals surface area contributed by atoms with Crippen LogP contribution in [0, 0.1) is 0 Å². The summed E-state index contributed by atoms with van der Waals surface area (Å²) in [6.07, 6.45) is 8.44. The van der Waals surface area contributed by atoms with Crippen LogP contribution in [0.5, 0.6) is 0 Å². The lowest BCUT2D eigenvalue weighted by Crippen LogP contribution is -2.22. The lowest BCUT2D eigenvalue weighted by molar-refractivity contribution is 0.572. The van der Waals surface area contributed by atoms with Crippen LogP contribution in [-0.2, 0) is 6.54 Å². The molecule has 4 rings (SSSR count). The van der Waals surface area contributed by atoms with E-state index in [-0.39, 0.29) is 5.56 Å². The van der Waals surface area contributed by atoms with Gasteiger partial charge in [-0.05, 0) is 11.4 Å². The molecule has 7 heteroatoms. The normalized spacial score (nSPS) is 11.2. The van der Waals surface area contributed by atoms with Crippen molar-refractivity contribution in [2.45, 2.75) is 6.54 Å². The lowest BCUT2D eigenvalue weighted by Gasteiger charge is -2.02. The third-order valence-corrected chi connectivity index (χ3v) is 4.00. The average molecular weight is 298 g/mol. The number of hydrogen-bond donors (Lipinski definition) is 0. The fourth-order valence-corrected chi connectivity index (χ4v) is 2.79. The van der Waals surface area contributed by atoms with Crippen LogP contribution in [0.3, 0.4) is 0 Å². The van der Waals surface area contributed by atoms with E-state index in [1.54, 1.807) is 51.4 Å². The molecule has 104 valence electrons. The zero-order valence-corrected chi connectivity index (χ0v) is 11.7. The topological polar surface area (TPSA) is 65.3 Å². The monoisotopic (exact) mass is 298 g/mol. The summed E-state index contributed by atoms with van der Waals surface area (Å²) in [5.74, 6) is 0.579. The van der Waals surface area contributed by atoms with Crippen LogP contribution < -0.4 is 5.56 Å². The summed E-state index contributed by atoms with van der Waals surface area (Å²) in [5.41, 5.74) is 0.957. The van der Waals surface area contributed by atoms with Crippen LogP contribution in [0.25, 0.3) is 16.4 Å². The first kappa shape index (κ1) is 12.1. The van der Waals surface area contributed by atoms with E-state index in [1.165, 1.54) is 0 Å². The van der Waals surface area contributed by atoms with Crippen molar-refractivity contribution in [1.82, 2.24) is 18.9 Å². The number of thiophene rings is 1. The van der Waals surface area contributed by atoms with Gasteiger partial charge in [0, 0.05) is 24.8 Å². The van der Waals surface area contributed by atoms with Crippen LogP contribution in [0.1, 0.15) is 5.69 Å². The standard InChI is InChI=1S/C14H10N4O2S/c19-14-12-15-3-4-17(12)5-6-18(14)8-10-9-20-13(16-10)11-2-1-7-21-11/h1-7,9H,8H2. The first-order valence-electron chi connectivity index (χ1n) is 6.32. The third kappa shape index (κ3) is 2.07. The molecule has 0 unspecified atom stereocenters. The van der Waals surface area contributed by atoms with Gasteiger partial charge in [-0.3, -0.25) is 4.79 Å². The fraction of sp³-hybridized carbons (Fsp3) is 0.0714. The summed E-state index contributed by atoms with van der Waals surface area (Å²) < 4.78 is 8.72. The van der Waals surface area contributed by atoms with Gasteiger partial charge in [0.2, 0.25) is 11.5 Å². The maximum Gasteiger partial charge on any atom is 0.294 e. The first-order valence-corrected chi connectivity index (χ1v) is 7.19. The van der Waals surface area contributed by atoms with Gasteiger partial charge in [0.1, 0.15) is 6.26 Å². The van der Waals surface area contributed by atoms with Crippen LogP contribution >= 0.6 is 11.3 Å². The number of nitrogens with zero attached hydrogens (tertiary/aromatic N) is 4. The molecule has 4 heterocycles. The van der Waals surface area contributed by atoms with Crippen molar-refractivity contribution in [2.24, 2.45) is 0 Å². The van der Waals surface area contributed by atoms with Crippen molar-refractivity contribution >= 4 is 17.0 Å². The van der Waals surface area contributed by atoms with Crippen molar-refractivity contribution in [2.75, 3.05) is 0 Å². The van der Waals surface area contributed by atoms with E-state index in [0.29, 0.717) is 23.8 Å². The molecule has 4 aromatic heterocycles. The number of hydrogen-bond acceptors (Lipinski definition) is 5. The van der Waals surface area contributed by atoms with E-state index in [1.807, 2.05) is 17.5 Å². The third-order valence-electron chi connectivity index (χ3n) is 3.14. The number of aromatic nitrogens is 4. The van der Waals surface area contributed by atoms with Gasteiger partial charge in [-0.1, -0.05) is 6.07 Å². The highest BCUT2D eigenvalue weighted by Crippen LogP contribution is 2.23. The molecule has 0 aliphatic carbocycles. The molecule has 0 amide bonds. The van der Waals surface area contributed by atoms with Crippen molar-refractivity contribution in [3.8, 4) is 10.8 Å². The molecular weight excluding hydrogens is 288 g/mol. The predicted octanol–water partition coefficient (Wildman–Crippen LogP) is 2.26. The average Bonchev–Trinajstić information content (AvgIpc) is 3.21. The maximum absolute atomic E-state index is 12.3. The van der Waals surface area contributed by atoms with E-state index < -0.39 is 0 Å². The first-order chi connectivity index (χ1) is 10.3. The molecule has 0 spiro atoms. The lowest BCUT2D eigenvalue weighted by atomic mass is 10.4. The Bertz CT molecular complexity index is 949. The summed E-state index contributed by atoms with van der Waals surface area (Å²) in [6, 6.07) is 3.89.